The Morgan fingerprint density at radius 3 is 2.61 bits per heavy atom. The van der Waals surface area contributed by atoms with Crippen molar-refractivity contribution in [3.8, 4) is 0 Å². The van der Waals surface area contributed by atoms with E-state index in [9.17, 15) is 4.79 Å². The van der Waals surface area contributed by atoms with Crippen LogP contribution in [0.15, 0.2) is 47.5 Å². The third-order valence-electron chi connectivity index (χ3n) is 3.75. The first kappa shape index (κ1) is 17.6. The molecule has 23 heavy (non-hydrogen) atoms. The highest BCUT2D eigenvalue weighted by atomic mass is 35.5. The summed E-state index contributed by atoms with van der Waals surface area (Å²) >= 11 is 1.86. The minimum absolute atomic E-state index is 0. The summed E-state index contributed by atoms with van der Waals surface area (Å²) in [6, 6.07) is 11.3. The van der Waals surface area contributed by atoms with Gasteiger partial charge in [0.1, 0.15) is 5.69 Å². The van der Waals surface area contributed by atoms with Gasteiger partial charge in [-0.05, 0) is 37.1 Å². The van der Waals surface area contributed by atoms with Crippen molar-refractivity contribution in [1.82, 2.24) is 4.98 Å². The van der Waals surface area contributed by atoms with Gasteiger partial charge >= 0.3 is 0 Å². The molecule has 0 aliphatic heterocycles. The molecule has 0 atom stereocenters. The predicted molar refractivity (Wildman–Crippen MR) is 98.4 cm³/mol. The van der Waals surface area contributed by atoms with Crippen molar-refractivity contribution in [1.29, 1.82) is 0 Å². The zero-order valence-electron chi connectivity index (χ0n) is 12.7. The molecule has 1 aromatic carbocycles. The Hall–Kier alpha value is -1.72. The van der Waals surface area contributed by atoms with Crippen LogP contribution >= 0.6 is 24.2 Å². The summed E-state index contributed by atoms with van der Waals surface area (Å²) in [5, 5.41) is 3.62. The fraction of sp³-hybridized carbons (Fsp3) is 0.294. The first-order valence-corrected chi connectivity index (χ1v) is 8.39. The van der Waals surface area contributed by atoms with Crippen LogP contribution in [-0.2, 0) is 0 Å². The predicted octanol–water partition coefficient (Wildman–Crippen LogP) is 4.37. The lowest BCUT2D eigenvalue weighted by molar-refractivity contribution is 0.102. The number of para-hydroxylation sites is 1. The number of aromatic nitrogens is 1. The van der Waals surface area contributed by atoms with Crippen LogP contribution in [-0.4, -0.2) is 16.1 Å². The highest BCUT2D eigenvalue weighted by Crippen LogP contribution is 2.38. The van der Waals surface area contributed by atoms with Crippen LogP contribution in [0.3, 0.4) is 0 Å². The Balaban J connectivity index is 0.00000192. The average Bonchev–Trinajstić information content (AvgIpc) is 3.03. The van der Waals surface area contributed by atoms with Gasteiger partial charge < -0.3 is 11.1 Å². The van der Waals surface area contributed by atoms with Crippen molar-refractivity contribution in [2.75, 3.05) is 11.1 Å². The molecule has 0 saturated heterocycles. The van der Waals surface area contributed by atoms with Crippen LogP contribution in [0, 0.1) is 0 Å². The van der Waals surface area contributed by atoms with E-state index in [1.54, 1.807) is 12.1 Å². The molecule has 0 spiro atoms. The maximum Gasteiger partial charge on any atom is 0.274 e. The van der Waals surface area contributed by atoms with Crippen LogP contribution in [0.2, 0.25) is 0 Å². The van der Waals surface area contributed by atoms with Crippen molar-refractivity contribution in [2.45, 2.75) is 35.8 Å². The van der Waals surface area contributed by atoms with Crippen molar-refractivity contribution in [3.05, 3.63) is 48.3 Å². The number of carbonyl (C=O) groups is 1. The summed E-state index contributed by atoms with van der Waals surface area (Å²) in [5.74, 6) is -0.209. The molecule has 1 heterocycles. The van der Waals surface area contributed by atoms with E-state index in [0.717, 1.165) is 10.6 Å². The van der Waals surface area contributed by atoms with Gasteiger partial charge in [-0.2, -0.15) is 0 Å². The number of anilines is 2. The lowest BCUT2D eigenvalue weighted by Gasteiger charge is -2.14. The monoisotopic (exact) mass is 349 g/mol. The van der Waals surface area contributed by atoms with Gasteiger partial charge in [0.15, 0.2) is 0 Å². The van der Waals surface area contributed by atoms with Crippen molar-refractivity contribution < 1.29 is 4.79 Å². The van der Waals surface area contributed by atoms with E-state index < -0.39 is 0 Å². The fourth-order valence-electron chi connectivity index (χ4n) is 2.58. The molecule has 3 rings (SSSR count). The zero-order chi connectivity index (χ0) is 15.4. The molecule has 0 unspecified atom stereocenters. The van der Waals surface area contributed by atoms with Crippen LogP contribution in [0.1, 0.15) is 36.2 Å². The largest absolute Gasteiger partial charge is 0.397 e. The molecule has 1 aliphatic carbocycles. The Morgan fingerprint density at radius 2 is 1.91 bits per heavy atom. The van der Waals surface area contributed by atoms with Gasteiger partial charge in [0.25, 0.3) is 5.91 Å². The molecule has 122 valence electrons. The first-order chi connectivity index (χ1) is 10.7. The Morgan fingerprint density at radius 1 is 1.17 bits per heavy atom. The number of hydrogen-bond donors (Lipinski definition) is 2. The number of nitrogens with zero attached hydrogens (tertiary/aromatic N) is 1. The Kier molecular flexibility index (Phi) is 6.30. The van der Waals surface area contributed by atoms with E-state index in [0.29, 0.717) is 16.6 Å². The topological polar surface area (TPSA) is 68.0 Å². The van der Waals surface area contributed by atoms with Gasteiger partial charge in [0.05, 0.1) is 17.6 Å². The molecule has 1 saturated carbocycles. The summed E-state index contributed by atoms with van der Waals surface area (Å²) in [5.41, 5.74) is 7.37. The lowest BCUT2D eigenvalue weighted by atomic mass is 10.3. The molecule has 4 nitrogen and oxygen atoms in total. The number of carbonyl (C=O) groups excluding carboxylic acids is 1. The van der Waals surface area contributed by atoms with Crippen LogP contribution in [0.5, 0.6) is 0 Å². The maximum atomic E-state index is 12.3. The number of rotatable bonds is 4. The normalized spacial score (nSPS) is 14.3. The van der Waals surface area contributed by atoms with Gasteiger partial charge in [0.2, 0.25) is 0 Å². The number of nitrogens with two attached hydrogens (primary N) is 1. The molecule has 2 aromatic rings. The SMILES string of the molecule is Cl.Nc1ccc(C(=O)Nc2ccccc2SC2CCCC2)nc1. The number of thioether (sulfide) groups is 1. The van der Waals surface area contributed by atoms with E-state index in [1.807, 2.05) is 30.0 Å². The van der Waals surface area contributed by atoms with E-state index >= 15 is 0 Å². The number of amides is 1. The quantitative estimate of drug-likeness (QED) is 0.859. The molecule has 1 aliphatic rings. The Bertz CT molecular complexity index is 657. The summed E-state index contributed by atoms with van der Waals surface area (Å²) in [4.78, 5) is 17.5. The summed E-state index contributed by atoms with van der Waals surface area (Å²) < 4.78 is 0. The number of nitrogens with one attached hydrogen (secondary N) is 1. The minimum Gasteiger partial charge on any atom is -0.397 e. The van der Waals surface area contributed by atoms with E-state index in [-0.39, 0.29) is 18.3 Å². The molecule has 0 bridgehead atoms. The third kappa shape index (κ3) is 4.62. The second-order valence-corrected chi connectivity index (χ2v) is 6.79. The van der Waals surface area contributed by atoms with Crippen molar-refractivity contribution in [3.63, 3.8) is 0 Å². The standard InChI is InChI=1S/C17H19N3OS.ClH/c18-12-9-10-15(19-11-12)17(21)20-14-7-3-4-8-16(14)22-13-5-1-2-6-13;/h3-4,7-11,13H,1-2,5-6,18H2,(H,20,21);1H. The smallest absolute Gasteiger partial charge is 0.274 e. The average molecular weight is 350 g/mol. The lowest BCUT2D eigenvalue weighted by Crippen LogP contribution is -2.14. The molecule has 1 aromatic heterocycles. The number of benzene rings is 1. The van der Waals surface area contributed by atoms with E-state index in [1.165, 1.54) is 31.9 Å². The number of hydrogen-bond acceptors (Lipinski definition) is 4. The molecule has 6 heteroatoms. The number of nitrogen functional groups attached to an aromatic ring is 1. The fourth-order valence-corrected chi connectivity index (χ4v) is 3.92. The summed E-state index contributed by atoms with van der Waals surface area (Å²) in [6.07, 6.45) is 6.62. The summed E-state index contributed by atoms with van der Waals surface area (Å²) in [6.45, 7) is 0. The molecule has 1 amide bonds. The molecule has 1 fully saturated rings. The van der Waals surface area contributed by atoms with Gasteiger partial charge in [0, 0.05) is 10.1 Å². The summed E-state index contributed by atoms with van der Waals surface area (Å²) in [7, 11) is 0. The number of pyridine rings is 1. The highest BCUT2D eigenvalue weighted by Gasteiger charge is 2.18. The van der Waals surface area contributed by atoms with Crippen LogP contribution in [0.4, 0.5) is 11.4 Å². The third-order valence-corrected chi connectivity index (χ3v) is 5.16. The minimum atomic E-state index is -0.209. The van der Waals surface area contributed by atoms with Gasteiger partial charge in [-0.1, -0.05) is 25.0 Å². The molecular formula is C17H20ClN3OS. The van der Waals surface area contributed by atoms with Crippen molar-refractivity contribution in [2.24, 2.45) is 0 Å². The second kappa shape index (κ2) is 8.22. The van der Waals surface area contributed by atoms with Gasteiger partial charge in [-0.3, -0.25) is 4.79 Å². The van der Waals surface area contributed by atoms with E-state index in [2.05, 4.69) is 16.4 Å². The van der Waals surface area contributed by atoms with Crippen LogP contribution in [0.25, 0.3) is 0 Å². The van der Waals surface area contributed by atoms with Gasteiger partial charge in [-0.25, -0.2) is 4.98 Å². The highest BCUT2D eigenvalue weighted by molar-refractivity contribution is 8.00. The molecular weight excluding hydrogens is 330 g/mol. The number of halogens is 1. The van der Waals surface area contributed by atoms with Gasteiger partial charge in [-0.15, -0.1) is 24.2 Å². The van der Waals surface area contributed by atoms with Crippen LogP contribution < -0.4 is 11.1 Å². The first-order valence-electron chi connectivity index (χ1n) is 7.51. The van der Waals surface area contributed by atoms with E-state index in [4.69, 9.17) is 5.73 Å². The Labute approximate surface area is 146 Å². The maximum absolute atomic E-state index is 12.3. The molecule has 3 N–H and O–H groups in total. The molecule has 0 radical (unpaired) electrons. The second-order valence-electron chi connectivity index (χ2n) is 5.45. The van der Waals surface area contributed by atoms with Crippen molar-refractivity contribution >= 4 is 41.5 Å². The zero-order valence-corrected chi connectivity index (χ0v) is 14.3.